The van der Waals surface area contributed by atoms with Crippen molar-refractivity contribution in [3.05, 3.63) is 53.8 Å². The molecule has 2 N–H and O–H groups in total. The van der Waals surface area contributed by atoms with Crippen molar-refractivity contribution >= 4 is 21.7 Å². The molecule has 140 valence electrons. The first-order valence-electron chi connectivity index (χ1n) is 7.31. The van der Waals surface area contributed by atoms with Crippen LogP contribution in [0.5, 0.6) is 5.75 Å². The summed E-state index contributed by atoms with van der Waals surface area (Å²) in [5.74, 6) is -4.89. The minimum Gasteiger partial charge on any atom is -0.491 e. The van der Waals surface area contributed by atoms with E-state index in [2.05, 4.69) is 0 Å². The smallest absolute Gasteiger partial charge is 0.303 e. The van der Waals surface area contributed by atoms with E-state index in [-0.39, 0.29) is 25.2 Å². The van der Waals surface area contributed by atoms with Gasteiger partial charge in [-0.1, -0.05) is 6.07 Å². The summed E-state index contributed by atoms with van der Waals surface area (Å²) in [6.07, 6.45) is -0.00751. The van der Waals surface area contributed by atoms with Gasteiger partial charge in [-0.05, 0) is 36.8 Å². The Morgan fingerprint density at radius 1 is 1.12 bits per heavy atom. The number of hydrogen-bond acceptors (Lipinski definition) is 4. The number of carbonyl (C=O) groups is 1. The number of anilines is 1. The second-order valence-corrected chi connectivity index (χ2v) is 6.83. The van der Waals surface area contributed by atoms with E-state index in [1.807, 2.05) is 4.72 Å². The van der Waals surface area contributed by atoms with Gasteiger partial charge in [0.25, 0.3) is 10.0 Å². The SMILES string of the molecule is O=C(O)CCCOc1ccc(S(=O)(=O)Nc2cccc(F)c2F)cc1F. The van der Waals surface area contributed by atoms with Crippen molar-refractivity contribution in [2.45, 2.75) is 17.7 Å². The summed E-state index contributed by atoms with van der Waals surface area (Å²) >= 11 is 0. The zero-order chi connectivity index (χ0) is 19.3. The lowest BCUT2D eigenvalue weighted by molar-refractivity contribution is -0.137. The number of sulfonamides is 1. The zero-order valence-corrected chi connectivity index (χ0v) is 14.0. The molecule has 0 spiro atoms. The van der Waals surface area contributed by atoms with E-state index in [9.17, 15) is 26.4 Å². The molecule has 0 saturated heterocycles. The maximum atomic E-state index is 14.0. The lowest BCUT2D eigenvalue weighted by Gasteiger charge is -2.11. The van der Waals surface area contributed by atoms with Crippen molar-refractivity contribution in [3.63, 3.8) is 0 Å². The Morgan fingerprint density at radius 3 is 2.50 bits per heavy atom. The minimum absolute atomic E-state index is 0.0674. The molecular weight excluding hydrogens is 375 g/mol. The first-order chi connectivity index (χ1) is 12.2. The number of carboxylic acid groups (broad SMARTS) is 1. The molecule has 2 aromatic rings. The lowest BCUT2D eigenvalue weighted by atomic mass is 10.3. The molecule has 0 aromatic heterocycles. The third kappa shape index (κ3) is 4.88. The number of benzene rings is 2. The molecule has 0 saturated carbocycles. The molecule has 0 radical (unpaired) electrons. The Balaban J connectivity index is 2.13. The molecule has 0 bridgehead atoms. The number of rotatable bonds is 8. The van der Waals surface area contributed by atoms with Gasteiger partial charge in [-0.25, -0.2) is 21.6 Å². The molecule has 10 heteroatoms. The maximum Gasteiger partial charge on any atom is 0.303 e. The third-order valence-corrected chi connectivity index (χ3v) is 4.57. The zero-order valence-electron chi connectivity index (χ0n) is 13.2. The second kappa shape index (κ2) is 8.09. The Kier molecular flexibility index (Phi) is 6.09. The maximum absolute atomic E-state index is 14.0. The van der Waals surface area contributed by atoms with Crippen molar-refractivity contribution in [1.82, 2.24) is 0 Å². The van der Waals surface area contributed by atoms with Gasteiger partial charge in [-0.3, -0.25) is 9.52 Å². The van der Waals surface area contributed by atoms with Crippen LogP contribution in [-0.2, 0) is 14.8 Å². The van der Waals surface area contributed by atoms with E-state index >= 15 is 0 Å². The fraction of sp³-hybridized carbons (Fsp3) is 0.188. The first kappa shape index (κ1) is 19.6. The van der Waals surface area contributed by atoms with Crippen LogP contribution < -0.4 is 9.46 Å². The molecule has 0 atom stereocenters. The normalized spacial score (nSPS) is 11.2. The quantitative estimate of drug-likeness (QED) is 0.677. The van der Waals surface area contributed by atoms with Crippen LogP contribution in [0.25, 0.3) is 0 Å². The molecule has 0 heterocycles. The van der Waals surface area contributed by atoms with Crippen LogP contribution in [0.4, 0.5) is 18.9 Å². The van der Waals surface area contributed by atoms with Crippen molar-refractivity contribution in [1.29, 1.82) is 0 Å². The number of hydrogen-bond donors (Lipinski definition) is 2. The van der Waals surface area contributed by atoms with E-state index in [0.717, 1.165) is 30.3 Å². The van der Waals surface area contributed by atoms with Gasteiger partial charge in [0.15, 0.2) is 23.2 Å². The van der Waals surface area contributed by atoms with Crippen LogP contribution in [0.1, 0.15) is 12.8 Å². The number of carboxylic acids is 1. The average Bonchev–Trinajstić information content (AvgIpc) is 2.56. The topological polar surface area (TPSA) is 92.7 Å². The van der Waals surface area contributed by atoms with Crippen molar-refractivity contribution in [3.8, 4) is 5.75 Å². The Hall–Kier alpha value is -2.75. The molecule has 2 aromatic carbocycles. The first-order valence-corrected chi connectivity index (χ1v) is 8.80. The van der Waals surface area contributed by atoms with Crippen molar-refractivity contribution < 1.29 is 36.2 Å². The minimum atomic E-state index is -4.36. The van der Waals surface area contributed by atoms with Crippen LogP contribution in [0, 0.1) is 17.5 Å². The predicted octanol–water partition coefficient (Wildman–Crippen LogP) is 3.15. The fourth-order valence-corrected chi connectivity index (χ4v) is 3.03. The Morgan fingerprint density at radius 2 is 1.85 bits per heavy atom. The summed E-state index contributed by atoms with van der Waals surface area (Å²) in [5.41, 5.74) is -0.612. The number of halogens is 3. The fourth-order valence-electron chi connectivity index (χ4n) is 1.96. The summed E-state index contributed by atoms with van der Waals surface area (Å²) in [5, 5.41) is 8.50. The average molecular weight is 389 g/mol. The largest absolute Gasteiger partial charge is 0.491 e. The monoisotopic (exact) mass is 389 g/mol. The van der Waals surface area contributed by atoms with Gasteiger partial charge in [0.1, 0.15) is 0 Å². The predicted molar refractivity (Wildman–Crippen MR) is 85.9 cm³/mol. The van der Waals surface area contributed by atoms with Crippen molar-refractivity contribution in [2.75, 3.05) is 11.3 Å². The van der Waals surface area contributed by atoms with Crippen LogP contribution in [-0.4, -0.2) is 26.1 Å². The number of nitrogens with one attached hydrogen (secondary N) is 1. The highest BCUT2D eigenvalue weighted by atomic mass is 32.2. The molecule has 0 fully saturated rings. The molecule has 0 amide bonds. The molecule has 0 aliphatic carbocycles. The van der Waals surface area contributed by atoms with Crippen LogP contribution in [0.15, 0.2) is 41.3 Å². The highest BCUT2D eigenvalue weighted by Crippen LogP contribution is 2.24. The highest BCUT2D eigenvalue weighted by Gasteiger charge is 2.20. The van der Waals surface area contributed by atoms with E-state index in [1.165, 1.54) is 0 Å². The summed E-state index contributed by atoms with van der Waals surface area (Å²) in [6.45, 7) is -0.0674. The molecule has 26 heavy (non-hydrogen) atoms. The van der Waals surface area contributed by atoms with Gasteiger partial charge in [0, 0.05) is 6.42 Å². The van der Waals surface area contributed by atoms with Gasteiger partial charge < -0.3 is 9.84 Å². The molecular formula is C16H14F3NO5S. The van der Waals surface area contributed by atoms with Crippen LogP contribution >= 0.6 is 0 Å². The van der Waals surface area contributed by atoms with E-state index < -0.39 is 44.0 Å². The van der Waals surface area contributed by atoms with Gasteiger partial charge in [0.2, 0.25) is 0 Å². The molecule has 2 rings (SSSR count). The van der Waals surface area contributed by atoms with Gasteiger partial charge in [0.05, 0.1) is 17.2 Å². The van der Waals surface area contributed by atoms with E-state index in [4.69, 9.17) is 9.84 Å². The Bertz CT molecular complexity index is 918. The Labute approximate surface area is 147 Å². The van der Waals surface area contributed by atoms with Crippen LogP contribution in [0.3, 0.4) is 0 Å². The molecule has 0 unspecified atom stereocenters. The second-order valence-electron chi connectivity index (χ2n) is 5.14. The van der Waals surface area contributed by atoms with Crippen LogP contribution in [0.2, 0.25) is 0 Å². The van der Waals surface area contributed by atoms with Gasteiger partial charge >= 0.3 is 5.97 Å². The number of aliphatic carboxylic acids is 1. The standard InChI is InChI=1S/C16H14F3NO5S/c17-11-3-1-4-13(16(11)19)20-26(23,24)10-6-7-14(12(18)9-10)25-8-2-5-15(21)22/h1,3-4,6-7,9,20H,2,5,8H2,(H,21,22). The molecule has 0 aliphatic heterocycles. The lowest BCUT2D eigenvalue weighted by Crippen LogP contribution is -2.15. The summed E-state index contributed by atoms with van der Waals surface area (Å²) in [4.78, 5) is 9.86. The molecule has 0 aliphatic rings. The van der Waals surface area contributed by atoms with E-state index in [1.54, 1.807) is 0 Å². The summed E-state index contributed by atoms with van der Waals surface area (Å²) in [6, 6.07) is 5.69. The third-order valence-electron chi connectivity index (χ3n) is 3.20. The molecule has 6 nitrogen and oxygen atoms in total. The van der Waals surface area contributed by atoms with Crippen molar-refractivity contribution in [2.24, 2.45) is 0 Å². The highest BCUT2D eigenvalue weighted by molar-refractivity contribution is 7.92. The summed E-state index contributed by atoms with van der Waals surface area (Å²) in [7, 11) is -4.36. The van der Waals surface area contributed by atoms with E-state index in [0.29, 0.717) is 6.07 Å². The van der Waals surface area contributed by atoms with Gasteiger partial charge in [-0.2, -0.15) is 0 Å². The summed E-state index contributed by atoms with van der Waals surface area (Å²) < 4.78 is 72.0. The van der Waals surface area contributed by atoms with Gasteiger partial charge in [-0.15, -0.1) is 0 Å². The number of ether oxygens (including phenoxy) is 1.